The van der Waals surface area contributed by atoms with Crippen LogP contribution in [0.25, 0.3) is 0 Å². The van der Waals surface area contributed by atoms with E-state index in [1.165, 1.54) is 37.9 Å². The number of piperazine rings is 1. The lowest BCUT2D eigenvalue weighted by Crippen LogP contribution is -2.59. The van der Waals surface area contributed by atoms with Crippen molar-refractivity contribution in [2.75, 3.05) is 30.3 Å². The average Bonchev–Trinajstić information content (AvgIpc) is 2.42. The maximum atomic E-state index is 13.7. The van der Waals surface area contributed by atoms with Crippen LogP contribution in [-0.4, -0.2) is 36.6 Å². The summed E-state index contributed by atoms with van der Waals surface area (Å²) < 4.78 is 13.7. The molecule has 3 nitrogen and oxygen atoms in total. The summed E-state index contributed by atoms with van der Waals surface area (Å²) in [5.41, 5.74) is 7.39. The monoisotopic (exact) mass is 297 g/mol. The molecule has 0 spiro atoms. The Kier molecular flexibility index (Phi) is 3.78. The number of hydrogen-bond donors (Lipinski definition) is 1. The number of rotatable bonds is 1. The van der Waals surface area contributed by atoms with Gasteiger partial charge in [-0.15, -0.1) is 0 Å². The molecule has 0 amide bonds. The molecule has 2 aliphatic rings. The molecule has 2 unspecified atom stereocenters. The van der Waals surface area contributed by atoms with Crippen LogP contribution >= 0.6 is 11.6 Å². The van der Waals surface area contributed by atoms with E-state index >= 15 is 0 Å². The van der Waals surface area contributed by atoms with Gasteiger partial charge in [-0.05, 0) is 32.4 Å². The van der Waals surface area contributed by atoms with Crippen LogP contribution in [0.5, 0.6) is 0 Å². The number of fused-ring (bicyclic) bond motifs is 1. The van der Waals surface area contributed by atoms with Gasteiger partial charge in [0, 0.05) is 31.2 Å². The van der Waals surface area contributed by atoms with E-state index in [2.05, 4.69) is 16.7 Å². The van der Waals surface area contributed by atoms with Crippen LogP contribution in [0.1, 0.15) is 26.2 Å². The lowest BCUT2D eigenvalue weighted by Gasteiger charge is -2.48. The number of anilines is 2. The minimum atomic E-state index is -0.394. The molecule has 0 radical (unpaired) electrons. The molecule has 20 heavy (non-hydrogen) atoms. The molecular formula is C15H21ClFN3. The third kappa shape index (κ3) is 2.47. The minimum absolute atomic E-state index is 0.0928. The number of nitrogen functional groups attached to an aromatic ring is 1. The number of hydrogen-bond acceptors (Lipinski definition) is 3. The van der Waals surface area contributed by atoms with Crippen LogP contribution in [0, 0.1) is 5.82 Å². The molecule has 110 valence electrons. The Balaban J connectivity index is 1.88. The van der Waals surface area contributed by atoms with E-state index in [4.69, 9.17) is 17.3 Å². The van der Waals surface area contributed by atoms with Gasteiger partial charge in [0.05, 0.1) is 16.4 Å². The summed E-state index contributed by atoms with van der Waals surface area (Å²) in [6, 6.07) is 3.91. The van der Waals surface area contributed by atoms with Gasteiger partial charge in [0.25, 0.3) is 0 Å². The lowest BCUT2D eigenvalue weighted by atomic mass is 9.96. The third-order valence-electron chi connectivity index (χ3n) is 4.57. The van der Waals surface area contributed by atoms with Gasteiger partial charge in [0.1, 0.15) is 5.82 Å². The Bertz CT molecular complexity index is 508. The number of piperidine rings is 1. The molecule has 5 heteroatoms. The zero-order chi connectivity index (χ0) is 14.3. The van der Waals surface area contributed by atoms with Crippen LogP contribution in [0.4, 0.5) is 15.8 Å². The second-order valence-electron chi connectivity index (χ2n) is 5.97. The topological polar surface area (TPSA) is 32.5 Å². The first-order valence-corrected chi connectivity index (χ1v) is 7.69. The number of halogens is 2. The van der Waals surface area contributed by atoms with Crippen molar-refractivity contribution < 1.29 is 4.39 Å². The molecule has 0 aliphatic carbocycles. The van der Waals surface area contributed by atoms with Crippen molar-refractivity contribution in [3.63, 3.8) is 0 Å². The summed E-state index contributed by atoms with van der Waals surface area (Å²) in [6.45, 7) is 5.31. The molecule has 2 aliphatic heterocycles. The Morgan fingerprint density at radius 3 is 2.90 bits per heavy atom. The minimum Gasteiger partial charge on any atom is -0.397 e. The summed E-state index contributed by atoms with van der Waals surface area (Å²) in [5, 5.41) is 0.0928. The number of nitrogens with two attached hydrogens (primary N) is 1. The molecule has 1 aromatic rings. The highest BCUT2D eigenvalue weighted by molar-refractivity contribution is 6.31. The number of nitrogens with zero attached hydrogens (tertiary/aromatic N) is 2. The first kappa shape index (κ1) is 14.0. The van der Waals surface area contributed by atoms with Crippen LogP contribution in [0.3, 0.4) is 0 Å². The van der Waals surface area contributed by atoms with Crippen LogP contribution in [0.15, 0.2) is 12.1 Å². The maximum Gasteiger partial charge on any atom is 0.144 e. The van der Waals surface area contributed by atoms with Gasteiger partial charge in [-0.3, -0.25) is 4.90 Å². The summed E-state index contributed by atoms with van der Waals surface area (Å²) in [5.74, 6) is -0.394. The van der Waals surface area contributed by atoms with E-state index < -0.39 is 5.82 Å². The summed E-state index contributed by atoms with van der Waals surface area (Å²) in [4.78, 5) is 4.80. The molecule has 2 saturated heterocycles. The lowest BCUT2D eigenvalue weighted by molar-refractivity contribution is 0.115. The average molecular weight is 298 g/mol. The van der Waals surface area contributed by atoms with Gasteiger partial charge in [0.15, 0.2) is 0 Å². The van der Waals surface area contributed by atoms with Crippen molar-refractivity contribution in [2.24, 2.45) is 0 Å². The number of benzene rings is 1. The molecule has 0 saturated carbocycles. The normalized spacial score (nSPS) is 27.4. The molecular weight excluding hydrogens is 277 g/mol. The Morgan fingerprint density at radius 1 is 1.30 bits per heavy atom. The fourth-order valence-corrected chi connectivity index (χ4v) is 3.66. The van der Waals surface area contributed by atoms with Crippen molar-refractivity contribution >= 4 is 23.0 Å². The van der Waals surface area contributed by atoms with Gasteiger partial charge in [-0.25, -0.2) is 4.39 Å². The van der Waals surface area contributed by atoms with Crippen LogP contribution in [0.2, 0.25) is 5.02 Å². The highest BCUT2D eigenvalue weighted by Crippen LogP contribution is 2.34. The SMILES string of the molecule is CC1CN2CCCCC2CN1c1cc(F)c(Cl)cc1N. The van der Waals surface area contributed by atoms with Crippen molar-refractivity contribution in [3.8, 4) is 0 Å². The van der Waals surface area contributed by atoms with Gasteiger partial charge >= 0.3 is 0 Å². The van der Waals surface area contributed by atoms with Gasteiger partial charge < -0.3 is 10.6 Å². The van der Waals surface area contributed by atoms with E-state index in [-0.39, 0.29) is 5.02 Å². The van der Waals surface area contributed by atoms with Crippen molar-refractivity contribution in [3.05, 3.63) is 23.0 Å². The molecule has 0 aromatic heterocycles. The summed E-state index contributed by atoms with van der Waals surface area (Å²) in [6.07, 6.45) is 3.80. The van der Waals surface area contributed by atoms with Crippen molar-refractivity contribution in [2.45, 2.75) is 38.3 Å². The zero-order valence-electron chi connectivity index (χ0n) is 11.8. The van der Waals surface area contributed by atoms with Crippen molar-refractivity contribution in [1.82, 2.24) is 4.90 Å². The predicted octanol–water partition coefficient (Wildman–Crippen LogP) is 3.12. The standard InChI is InChI=1S/C15H21ClFN3/c1-10-8-19-5-3-2-4-11(19)9-20(10)15-7-13(17)12(16)6-14(15)18/h6-7,10-11H,2-5,8-9,18H2,1H3. The Hall–Kier alpha value is -1.00. The van der Waals surface area contributed by atoms with E-state index in [0.717, 1.165) is 18.8 Å². The molecule has 2 atom stereocenters. The fraction of sp³-hybridized carbons (Fsp3) is 0.600. The smallest absolute Gasteiger partial charge is 0.144 e. The van der Waals surface area contributed by atoms with Gasteiger partial charge in [-0.1, -0.05) is 18.0 Å². The molecule has 2 N–H and O–H groups in total. The second kappa shape index (κ2) is 5.41. The molecule has 0 bridgehead atoms. The van der Waals surface area contributed by atoms with Gasteiger partial charge in [-0.2, -0.15) is 0 Å². The zero-order valence-corrected chi connectivity index (χ0v) is 12.5. The van der Waals surface area contributed by atoms with E-state index in [0.29, 0.717) is 17.8 Å². The highest BCUT2D eigenvalue weighted by atomic mass is 35.5. The maximum absolute atomic E-state index is 13.7. The van der Waals surface area contributed by atoms with Gasteiger partial charge in [0.2, 0.25) is 0 Å². The molecule has 1 aromatic carbocycles. The molecule has 2 fully saturated rings. The van der Waals surface area contributed by atoms with Crippen LogP contribution < -0.4 is 10.6 Å². The fourth-order valence-electron chi connectivity index (χ4n) is 3.49. The molecule has 2 heterocycles. The summed E-state index contributed by atoms with van der Waals surface area (Å²) >= 11 is 5.79. The third-order valence-corrected chi connectivity index (χ3v) is 4.86. The quantitative estimate of drug-likeness (QED) is 0.808. The summed E-state index contributed by atoms with van der Waals surface area (Å²) in [7, 11) is 0. The van der Waals surface area contributed by atoms with Crippen LogP contribution in [-0.2, 0) is 0 Å². The largest absolute Gasteiger partial charge is 0.397 e. The van der Waals surface area contributed by atoms with E-state index in [1.807, 2.05) is 0 Å². The second-order valence-corrected chi connectivity index (χ2v) is 6.38. The predicted molar refractivity (Wildman–Crippen MR) is 81.8 cm³/mol. The Morgan fingerprint density at radius 2 is 2.10 bits per heavy atom. The molecule has 3 rings (SSSR count). The first-order chi connectivity index (χ1) is 9.56. The van der Waals surface area contributed by atoms with E-state index in [9.17, 15) is 4.39 Å². The van der Waals surface area contributed by atoms with E-state index in [1.54, 1.807) is 0 Å². The Labute approximate surface area is 124 Å². The first-order valence-electron chi connectivity index (χ1n) is 7.31. The van der Waals surface area contributed by atoms with Crippen molar-refractivity contribution in [1.29, 1.82) is 0 Å². The highest BCUT2D eigenvalue weighted by Gasteiger charge is 2.33.